The van der Waals surface area contributed by atoms with E-state index in [-0.39, 0.29) is 11.9 Å². The molecule has 0 radical (unpaired) electrons. The van der Waals surface area contributed by atoms with Crippen LogP contribution in [0.2, 0.25) is 0 Å². The summed E-state index contributed by atoms with van der Waals surface area (Å²) < 4.78 is 1.98. The second-order valence-corrected chi connectivity index (χ2v) is 6.81. The van der Waals surface area contributed by atoms with E-state index < -0.39 is 0 Å². The Hall–Kier alpha value is -1.36. The number of carbonyl (C=O) groups is 1. The molecule has 1 aliphatic heterocycles. The standard InChI is InChI=1S/C16H26N4O/c1-9(2)20-11(4)14(10(3)19-20)18-16(21)15-13-7-5-6-12(13)8-17-15/h9,12-13,15,17H,5-8H2,1-4H3,(H,18,21). The van der Waals surface area contributed by atoms with E-state index in [4.69, 9.17) is 0 Å². The van der Waals surface area contributed by atoms with Crippen molar-refractivity contribution >= 4 is 11.6 Å². The van der Waals surface area contributed by atoms with Gasteiger partial charge in [-0.25, -0.2) is 0 Å². The Morgan fingerprint density at radius 3 is 2.81 bits per heavy atom. The van der Waals surface area contributed by atoms with Crippen LogP contribution in [-0.2, 0) is 4.79 Å². The lowest BCUT2D eigenvalue weighted by Crippen LogP contribution is -2.40. The SMILES string of the molecule is Cc1nn(C(C)C)c(C)c1NC(=O)C1NCC2CCCC21. The largest absolute Gasteiger partial charge is 0.322 e. The number of fused-ring (bicyclic) bond motifs is 1. The number of hydrogen-bond acceptors (Lipinski definition) is 3. The molecular formula is C16H26N4O. The average Bonchev–Trinajstić information content (AvgIpc) is 3.08. The highest BCUT2D eigenvalue weighted by Crippen LogP contribution is 2.38. The van der Waals surface area contributed by atoms with Crippen molar-refractivity contribution in [3.05, 3.63) is 11.4 Å². The van der Waals surface area contributed by atoms with Crippen LogP contribution in [0.25, 0.3) is 0 Å². The van der Waals surface area contributed by atoms with Crippen molar-refractivity contribution in [3.8, 4) is 0 Å². The van der Waals surface area contributed by atoms with Gasteiger partial charge < -0.3 is 10.6 Å². The molecular weight excluding hydrogens is 264 g/mol. The summed E-state index contributed by atoms with van der Waals surface area (Å²) in [6.45, 7) is 9.18. The van der Waals surface area contributed by atoms with Gasteiger partial charge in [0.15, 0.2) is 0 Å². The van der Waals surface area contributed by atoms with Crippen molar-refractivity contribution in [2.75, 3.05) is 11.9 Å². The molecule has 2 fully saturated rings. The van der Waals surface area contributed by atoms with E-state index in [1.165, 1.54) is 19.3 Å². The summed E-state index contributed by atoms with van der Waals surface area (Å²) in [5.41, 5.74) is 2.82. The monoisotopic (exact) mass is 290 g/mol. The van der Waals surface area contributed by atoms with Gasteiger partial charge in [0.2, 0.25) is 5.91 Å². The Labute approximate surface area is 126 Å². The summed E-state index contributed by atoms with van der Waals surface area (Å²) in [6, 6.07) is 0.275. The molecule has 3 atom stereocenters. The minimum absolute atomic E-state index is 0.0290. The zero-order chi connectivity index (χ0) is 15.1. The fraction of sp³-hybridized carbons (Fsp3) is 0.750. The minimum atomic E-state index is -0.0290. The Balaban J connectivity index is 1.76. The first kappa shape index (κ1) is 14.6. The van der Waals surface area contributed by atoms with Gasteiger partial charge in [-0.05, 0) is 58.9 Å². The highest BCUT2D eigenvalue weighted by atomic mass is 16.2. The molecule has 5 nitrogen and oxygen atoms in total. The van der Waals surface area contributed by atoms with Crippen molar-refractivity contribution in [1.82, 2.24) is 15.1 Å². The predicted molar refractivity (Wildman–Crippen MR) is 83.3 cm³/mol. The van der Waals surface area contributed by atoms with Crippen molar-refractivity contribution in [3.63, 3.8) is 0 Å². The van der Waals surface area contributed by atoms with E-state index in [1.807, 2.05) is 18.5 Å². The molecule has 1 saturated heterocycles. The molecule has 2 heterocycles. The van der Waals surface area contributed by atoms with Crippen LogP contribution in [0.4, 0.5) is 5.69 Å². The zero-order valence-electron chi connectivity index (χ0n) is 13.4. The van der Waals surface area contributed by atoms with Gasteiger partial charge in [0.25, 0.3) is 0 Å². The number of aromatic nitrogens is 2. The number of carbonyl (C=O) groups excluding carboxylic acids is 1. The Morgan fingerprint density at radius 1 is 1.38 bits per heavy atom. The van der Waals surface area contributed by atoms with Crippen molar-refractivity contribution < 1.29 is 4.79 Å². The molecule has 116 valence electrons. The third-order valence-electron chi connectivity index (χ3n) is 5.09. The van der Waals surface area contributed by atoms with E-state index in [2.05, 4.69) is 29.6 Å². The summed E-state index contributed by atoms with van der Waals surface area (Å²) in [4.78, 5) is 12.6. The number of hydrogen-bond donors (Lipinski definition) is 2. The van der Waals surface area contributed by atoms with E-state index in [0.717, 1.165) is 23.6 Å². The van der Waals surface area contributed by atoms with Gasteiger partial charge in [-0.2, -0.15) is 5.10 Å². The topological polar surface area (TPSA) is 59.0 Å². The van der Waals surface area contributed by atoms with Gasteiger partial charge in [-0.3, -0.25) is 9.48 Å². The zero-order valence-corrected chi connectivity index (χ0v) is 13.4. The summed E-state index contributed by atoms with van der Waals surface area (Å²) in [7, 11) is 0. The normalized spacial score (nSPS) is 28.1. The van der Waals surface area contributed by atoms with Crippen molar-refractivity contribution in [1.29, 1.82) is 0 Å². The van der Waals surface area contributed by atoms with Crippen molar-refractivity contribution in [2.45, 2.75) is 59.0 Å². The summed E-state index contributed by atoms with van der Waals surface area (Å²) >= 11 is 0. The first-order valence-corrected chi connectivity index (χ1v) is 8.09. The summed E-state index contributed by atoms with van der Waals surface area (Å²) in [6.07, 6.45) is 3.72. The fourth-order valence-electron chi connectivity index (χ4n) is 4.02. The Kier molecular flexibility index (Phi) is 3.78. The molecule has 0 bridgehead atoms. The number of amides is 1. The molecule has 0 spiro atoms. The van der Waals surface area contributed by atoms with Gasteiger partial charge in [0, 0.05) is 6.04 Å². The molecule has 2 aliphatic rings. The second kappa shape index (κ2) is 5.44. The predicted octanol–water partition coefficient (Wildman–Crippen LogP) is 2.41. The maximum atomic E-state index is 12.6. The molecule has 21 heavy (non-hydrogen) atoms. The molecule has 1 aromatic rings. The number of aryl methyl sites for hydroxylation is 1. The smallest absolute Gasteiger partial charge is 0.241 e. The van der Waals surface area contributed by atoms with Crippen LogP contribution in [0.5, 0.6) is 0 Å². The van der Waals surface area contributed by atoms with E-state index in [1.54, 1.807) is 0 Å². The summed E-state index contributed by atoms with van der Waals surface area (Å²) in [5, 5.41) is 11.1. The highest BCUT2D eigenvalue weighted by Gasteiger charge is 2.42. The lowest BCUT2D eigenvalue weighted by atomic mass is 9.93. The molecule has 3 unspecified atom stereocenters. The molecule has 5 heteroatoms. The number of nitrogens with zero attached hydrogens (tertiary/aromatic N) is 2. The Bertz CT molecular complexity index is 549. The van der Waals surface area contributed by atoms with Crippen LogP contribution < -0.4 is 10.6 Å². The number of anilines is 1. The van der Waals surface area contributed by atoms with Gasteiger partial charge in [0.1, 0.15) is 0 Å². The van der Waals surface area contributed by atoms with Crippen molar-refractivity contribution in [2.24, 2.45) is 11.8 Å². The van der Waals surface area contributed by atoms with Crippen LogP contribution in [0.1, 0.15) is 50.5 Å². The number of rotatable bonds is 3. The molecule has 1 aliphatic carbocycles. The third kappa shape index (κ3) is 2.48. The highest BCUT2D eigenvalue weighted by molar-refractivity contribution is 5.96. The fourth-order valence-corrected chi connectivity index (χ4v) is 4.02. The molecule has 2 N–H and O–H groups in total. The van der Waals surface area contributed by atoms with Crippen LogP contribution in [0.3, 0.4) is 0 Å². The molecule has 3 rings (SSSR count). The van der Waals surface area contributed by atoms with Gasteiger partial charge >= 0.3 is 0 Å². The second-order valence-electron chi connectivity index (χ2n) is 6.81. The van der Waals surface area contributed by atoms with E-state index in [0.29, 0.717) is 17.9 Å². The van der Waals surface area contributed by atoms with Crippen LogP contribution in [0, 0.1) is 25.7 Å². The summed E-state index contributed by atoms with van der Waals surface area (Å²) in [5.74, 6) is 1.32. The minimum Gasteiger partial charge on any atom is -0.322 e. The maximum Gasteiger partial charge on any atom is 0.241 e. The van der Waals surface area contributed by atoms with Gasteiger partial charge in [0.05, 0.1) is 23.1 Å². The molecule has 1 saturated carbocycles. The van der Waals surface area contributed by atoms with E-state index in [9.17, 15) is 4.79 Å². The van der Waals surface area contributed by atoms with Gasteiger partial charge in [-0.15, -0.1) is 0 Å². The molecule has 1 aromatic heterocycles. The van der Waals surface area contributed by atoms with Crippen LogP contribution in [-0.4, -0.2) is 28.3 Å². The number of nitrogens with one attached hydrogen (secondary N) is 2. The average molecular weight is 290 g/mol. The lowest BCUT2D eigenvalue weighted by Gasteiger charge is -2.18. The van der Waals surface area contributed by atoms with Gasteiger partial charge in [-0.1, -0.05) is 6.42 Å². The Morgan fingerprint density at radius 2 is 2.14 bits per heavy atom. The third-order valence-corrected chi connectivity index (χ3v) is 5.09. The first-order valence-electron chi connectivity index (χ1n) is 8.09. The van der Waals surface area contributed by atoms with Crippen LogP contribution >= 0.6 is 0 Å². The molecule has 0 aromatic carbocycles. The molecule has 1 amide bonds. The quantitative estimate of drug-likeness (QED) is 0.898. The maximum absolute atomic E-state index is 12.6. The van der Waals surface area contributed by atoms with Crippen LogP contribution in [0.15, 0.2) is 0 Å². The lowest BCUT2D eigenvalue weighted by molar-refractivity contribution is -0.118. The first-order chi connectivity index (χ1) is 9.99. The van der Waals surface area contributed by atoms with E-state index >= 15 is 0 Å².